The van der Waals surface area contributed by atoms with E-state index >= 15 is 0 Å². The van der Waals surface area contributed by atoms with Crippen molar-refractivity contribution in [2.24, 2.45) is 0 Å². The fraction of sp³-hybridized carbons (Fsp3) is 0.182. The van der Waals surface area contributed by atoms with E-state index < -0.39 is 11.7 Å². The topological polar surface area (TPSA) is 72.5 Å². The van der Waals surface area contributed by atoms with Gasteiger partial charge in [-0.1, -0.05) is 18.2 Å². The average Bonchev–Trinajstić information content (AvgIpc) is 2.75. The third kappa shape index (κ3) is 5.22. The Morgan fingerprint density at radius 1 is 1.03 bits per heavy atom. The summed E-state index contributed by atoms with van der Waals surface area (Å²) in [5.41, 5.74) is 1.60. The van der Waals surface area contributed by atoms with Crippen LogP contribution in [-0.2, 0) is 6.42 Å². The van der Waals surface area contributed by atoms with Gasteiger partial charge in [0.15, 0.2) is 11.5 Å². The Balaban J connectivity index is 1.60. The molecule has 0 saturated heterocycles. The third-order valence-electron chi connectivity index (χ3n) is 4.31. The molecule has 1 aromatic heterocycles. The lowest BCUT2D eigenvalue weighted by Crippen LogP contribution is -2.14. The number of methoxy groups -OCH3 is 2. The Kier molecular flexibility index (Phi) is 6.63. The van der Waals surface area contributed by atoms with Crippen LogP contribution in [0.15, 0.2) is 60.8 Å². The van der Waals surface area contributed by atoms with Crippen LogP contribution in [0.1, 0.15) is 15.9 Å². The standard InChI is InChI=1S/C22H22FN3O3/c1-28-19-8-7-15(13-20(19)29-2)9-11-24-21-14-16(10-12-25-21)22(27)26-18-6-4-3-5-17(18)23/h3-8,10,12-14H,9,11H2,1-2H3,(H,24,25)(H,26,27). The average molecular weight is 395 g/mol. The van der Waals surface area contributed by atoms with Crippen LogP contribution in [-0.4, -0.2) is 31.7 Å². The van der Waals surface area contributed by atoms with Crippen molar-refractivity contribution in [3.05, 3.63) is 77.7 Å². The summed E-state index contributed by atoms with van der Waals surface area (Å²) in [5.74, 6) is 1.03. The number of aromatic nitrogens is 1. The fourth-order valence-corrected chi connectivity index (χ4v) is 2.80. The first-order valence-electron chi connectivity index (χ1n) is 9.07. The van der Waals surface area contributed by atoms with Gasteiger partial charge in [-0.25, -0.2) is 9.37 Å². The van der Waals surface area contributed by atoms with Crippen LogP contribution >= 0.6 is 0 Å². The highest BCUT2D eigenvalue weighted by Crippen LogP contribution is 2.27. The zero-order chi connectivity index (χ0) is 20.6. The number of hydrogen-bond donors (Lipinski definition) is 2. The summed E-state index contributed by atoms with van der Waals surface area (Å²) in [6.45, 7) is 0.612. The molecule has 1 heterocycles. The molecule has 0 aliphatic rings. The Hall–Kier alpha value is -3.61. The first kappa shape index (κ1) is 20.1. The Morgan fingerprint density at radius 3 is 2.59 bits per heavy atom. The predicted octanol–water partition coefficient (Wildman–Crippen LogP) is 4.14. The first-order chi connectivity index (χ1) is 14.1. The van der Waals surface area contributed by atoms with Crippen molar-refractivity contribution >= 4 is 17.4 Å². The number of pyridine rings is 1. The fourth-order valence-electron chi connectivity index (χ4n) is 2.80. The molecular weight excluding hydrogens is 373 g/mol. The van der Waals surface area contributed by atoms with Crippen LogP contribution in [0.3, 0.4) is 0 Å². The van der Waals surface area contributed by atoms with Gasteiger partial charge in [-0.15, -0.1) is 0 Å². The highest BCUT2D eigenvalue weighted by Gasteiger charge is 2.10. The van der Waals surface area contributed by atoms with Crippen molar-refractivity contribution in [1.29, 1.82) is 0 Å². The maximum Gasteiger partial charge on any atom is 0.255 e. The molecule has 150 valence electrons. The van der Waals surface area contributed by atoms with Crippen molar-refractivity contribution in [3.63, 3.8) is 0 Å². The number of nitrogens with one attached hydrogen (secondary N) is 2. The number of carbonyl (C=O) groups excluding carboxylic acids is 1. The molecule has 0 aliphatic heterocycles. The molecule has 0 unspecified atom stereocenters. The van der Waals surface area contributed by atoms with E-state index in [-0.39, 0.29) is 5.69 Å². The number of amides is 1. The minimum absolute atomic E-state index is 0.136. The van der Waals surface area contributed by atoms with Crippen LogP contribution in [0.5, 0.6) is 11.5 Å². The number of hydrogen-bond acceptors (Lipinski definition) is 5. The van der Waals surface area contributed by atoms with Gasteiger partial charge in [0.25, 0.3) is 5.91 Å². The molecule has 1 amide bonds. The first-order valence-corrected chi connectivity index (χ1v) is 9.07. The monoisotopic (exact) mass is 395 g/mol. The zero-order valence-corrected chi connectivity index (χ0v) is 16.2. The molecule has 0 bridgehead atoms. The number of para-hydroxylation sites is 1. The smallest absolute Gasteiger partial charge is 0.255 e. The Labute approximate surface area is 168 Å². The van der Waals surface area contributed by atoms with Crippen LogP contribution in [0, 0.1) is 5.82 Å². The molecule has 3 rings (SSSR count). The van der Waals surface area contributed by atoms with Gasteiger partial charge in [-0.2, -0.15) is 0 Å². The SMILES string of the molecule is COc1ccc(CCNc2cc(C(=O)Nc3ccccc3F)ccn2)cc1OC. The molecule has 0 atom stereocenters. The summed E-state index contributed by atoms with van der Waals surface area (Å²) in [7, 11) is 3.20. The van der Waals surface area contributed by atoms with E-state index in [1.54, 1.807) is 38.5 Å². The van der Waals surface area contributed by atoms with E-state index in [0.29, 0.717) is 29.4 Å². The zero-order valence-electron chi connectivity index (χ0n) is 16.2. The second kappa shape index (κ2) is 9.54. The van der Waals surface area contributed by atoms with Gasteiger partial charge < -0.3 is 20.1 Å². The second-order valence-electron chi connectivity index (χ2n) is 6.23. The van der Waals surface area contributed by atoms with E-state index in [0.717, 1.165) is 12.0 Å². The van der Waals surface area contributed by atoms with Crippen LogP contribution < -0.4 is 20.1 Å². The summed E-state index contributed by atoms with van der Waals surface area (Å²) in [6, 6.07) is 15.0. The van der Waals surface area contributed by atoms with Gasteiger partial charge in [-0.3, -0.25) is 4.79 Å². The number of halogens is 1. The lowest BCUT2D eigenvalue weighted by Gasteiger charge is -2.11. The van der Waals surface area contributed by atoms with E-state index in [1.807, 2.05) is 18.2 Å². The Morgan fingerprint density at radius 2 is 1.83 bits per heavy atom. The van der Waals surface area contributed by atoms with Gasteiger partial charge in [0, 0.05) is 18.3 Å². The molecule has 3 aromatic rings. The van der Waals surface area contributed by atoms with Gasteiger partial charge in [0.1, 0.15) is 11.6 Å². The maximum atomic E-state index is 13.7. The van der Waals surface area contributed by atoms with Gasteiger partial charge >= 0.3 is 0 Å². The summed E-state index contributed by atoms with van der Waals surface area (Å²) in [4.78, 5) is 16.6. The van der Waals surface area contributed by atoms with E-state index in [2.05, 4.69) is 15.6 Å². The quantitative estimate of drug-likeness (QED) is 0.600. The number of anilines is 2. The molecule has 7 heteroatoms. The van der Waals surface area contributed by atoms with Gasteiger partial charge in [0.05, 0.1) is 19.9 Å². The molecule has 0 fully saturated rings. The third-order valence-corrected chi connectivity index (χ3v) is 4.31. The number of benzene rings is 2. The summed E-state index contributed by atoms with van der Waals surface area (Å²) in [6.07, 6.45) is 2.27. The lowest BCUT2D eigenvalue weighted by atomic mass is 10.1. The van der Waals surface area contributed by atoms with Crippen molar-refractivity contribution in [1.82, 2.24) is 4.98 Å². The van der Waals surface area contributed by atoms with E-state index in [9.17, 15) is 9.18 Å². The van der Waals surface area contributed by atoms with Gasteiger partial charge in [-0.05, 0) is 48.4 Å². The van der Waals surface area contributed by atoms with E-state index in [1.165, 1.54) is 18.3 Å². The Bertz CT molecular complexity index is 995. The minimum atomic E-state index is -0.483. The molecule has 2 N–H and O–H groups in total. The number of rotatable bonds is 8. The number of nitrogens with zero attached hydrogens (tertiary/aromatic N) is 1. The highest BCUT2D eigenvalue weighted by atomic mass is 19.1. The van der Waals surface area contributed by atoms with Crippen molar-refractivity contribution in [2.45, 2.75) is 6.42 Å². The summed E-state index contributed by atoms with van der Waals surface area (Å²) in [5, 5.41) is 5.76. The second-order valence-corrected chi connectivity index (χ2v) is 6.23. The summed E-state index contributed by atoms with van der Waals surface area (Å²) < 4.78 is 24.3. The predicted molar refractivity (Wildman–Crippen MR) is 110 cm³/mol. The van der Waals surface area contributed by atoms with Crippen LogP contribution in [0.4, 0.5) is 15.9 Å². The van der Waals surface area contributed by atoms with E-state index in [4.69, 9.17) is 9.47 Å². The molecular formula is C22H22FN3O3. The molecule has 2 aromatic carbocycles. The highest BCUT2D eigenvalue weighted by molar-refractivity contribution is 6.04. The molecule has 0 saturated carbocycles. The molecule has 6 nitrogen and oxygen atoms in total. The number of carbonyl (C=O) groups is 1. The van der Waals surface area contributed by atoms with Crippen LogP contribution in [0.2, 0.25) is 0 Å². The van der Waals surface area contributed by atoms with Crippen molar-refractivity contribution in [2.75, 3.05) is 31.4 Å². The minimum Gasteiger partial charge on any atom is -0.493 e. The number of ether oxygens (including phenoxy) is 2. The molecule has 0 radical (unpaired) electrons. The molecule has 0 spiro atoms. The van der Waals surface area contributed by atoms with Gasteiger partial charge in [0.2, 0.25) is 0 Å². The normalized spacial score (nSPS) is 10.3. The summed E-state index contributed by atoms with van der Waals surface area (Å²) >= 11 is 0. The largest absolute Gasteiger partial charge is 0.493 e. The molecule has 0 aliphatic carbocycles. The molecule has 29 heavy (non-hydrogen) atoms. The van der Waals surface area contributed by atoms with Crippen molar-refractivity contribution in [3.8, 4) is 11.5 Å². The van der Waals surface area contributed by atoms with Crippen LogP contribution in [0.25, 0.3) is 0 Å². The lowest BCUT2D eigenvalue weighted by molar-refractivity contribution is 0.102. The van der Waals surface area contributed by atoms with Crippen molar-refractivity contribution < 1.29 is 18.7 Å². The maximum absolute atomic E-state index is 13.7.